The lowest BCUT2D eigenvalue weighted by Crippen LogP contribution is -2.46. The molecule has 0 atom stereocenters. The zero-order valence-electron chi connectivity index (χ0n) is 20.6. The Morgan fingerprint density at radius 2 is 1.64 bits per heavy atom. The molecule has 0 bridgehead atoms. The Bertz CT molecular complexity index is 1150. The van der Waals surface area contributed by atoms with E-state index in [0.29, 0.717) is 34.1 Å². The lowest BCUT2D eigenvalue weighted by Gasteiger charge is -2.36. The number of rotatable bonds is 9. The molecule has 9 heteroatoms. The van der Waals surface area contributed by atoms with E-state index in [1.54, 1.807) is 0 Å². The minimum atomic E-state index is -0.0335. The summed E-state index contributed by atoms with van der Waals surface area (Å²) in [7, 11) is 0. The molecular formula is C27H31Cl2N5OS. The Morgan fingerprint density at radius 3 is 2.31 bits per heavy atom. The SMILES string of the molecule is CC(C)CCNC(=O)c1ccc(CSc2nc(Cl)cc(N3CCN(c4ccc(Cl)cc4)CC3)n2)cc1. The van der Waals surface area contributed by atoms with Crippen LogP contribution < -0.4 is 15.1 Å². The summed E-state index contributed by atoms with van der Waals surface area (Å²) in [5.74, 6) is 2.08. The zero-order chi connectivity index (χ0) is 25.5. The first-order valence-electron chi connectivity index (χ1n) is 12.2. The predicted molar refractivity (Wildman–Crippen MR) is 151 cm³/mol. The van der Waals surface area contributed by atoms with Crippen LogP contribution in [0.4, 0.5) is 11.5 Å². The summed E-state index contributed by atoms with van der Waals surface area (Å²) >= 11 is 13.9. The van der Waals surface area contributed by atoms with Crippen molar-refractivity contribution in [3.05, 3.63) is 75.9 Å². The van der Waals surface area contributed by atoms with Gasteiger partial charge in [-0.25, -0.2) is 9.97 Å². The molecule has 36 heavy (non-hydrogen) atoms. The monoisotopic (exact) mass is 543 g/mol. The predicted octanol–water partition coefficient (Wildman–Crippen LogP) is 6.18. The van der Waals surface area contributed by atoms with Gasteiger partial charge < -0.3 is 15.1 Å². The minimum absolute atomic E-state index is 0.0335. The first-order valence-corrected chi connectivity index (χ1v) is 13.9. The fourth-order valence-corrected chi connectivity index (χ4v) is 5.10. The highest BCUT2D eigenvalue weighted by molar-refractivity contribution is 7.98. The van der Waals surface area contributed by atoms with Gasteiger partial charge in [-0.2, -0.15) is 0 Å². The van der Waals surface area contributed by atoms with Crippen LogP contribution in [0.5, 0.6) is 0 Å². The first-order chi connectivity index (χ1) is 17.4. The number of piperazine rings is 1. The highest BCUT2D eigenvalue weighted by Crippen LogP contribution is 2.26. The number of nitrogens with zero attached hydrogens (tertiary/aromatic N) is 4. The number of halogens is 2. The van der Waals surface area contributed by atoms with Gasteiger partial charge in [0.15, 0.2) is 5.16 Å². The zero-order valence-corrected chi connectivity index (χ0v) is 22.9. The quantitative estimate of drug-likeness (QED) is 0.197. The van der Waals surface area contributed by atoms with E-state index in [9.17, 15) is 4.79 Å². The van der Waals surface area contributed by atoms with Crippen molar-refractivity contribution >= 4 is 52.4 Å². The Kier molecular flexibility index (Phi) is 9.35. The largest absolute Gasteiger partial charge is 0.368 e. The fourth-order valence-electron chi connectivity index (χ4n) is 3.93. The Hall–Kier alpha value is -2.48. The van der Waals surface area contributed by atoms with Gasteiger partial charge in [-0.3, -0.25) is 4.79 Å². The van der Waals surface area contributed by atoms with Gasteiger partial charge in [-0.1, -0.05) is 60.9 Å². The lowest BCUT2D eigenvalue weighted by atomic mass is 10.1. The second-order valence-corrected chi connectivity index (χ2v) is 11.0. The molecule has 3 aromatic rings. The van der Waals surface area contributed by atoms with Gasteiger partial charge in [0.1, 0.15) is 11.0 Å². The van der Waals surface area contributed by atoms with Crippen molar-refractivity contribution in [1.82, 2.24) is 15.3 Å². The van der Waals surface area contributed by atoms with Gasteiger partial charge >= 0.3 is 0 Å². The molecule has 0 saturated carbocycles. The number of amides is 1. The number of hydrogen-bond acceptors (Lipinski definition) is 6. The van der Waals surface area contributed by atoms with E-state index in [4.69, 9.17) is 28.2 Å². The first kappa shape index (κ1) is 26.6. The maximum Gasteiger partial charge on any atom is 0.251 e. The van der Waals surface area contributed by atoms with Crippen molar-refractivity contribution in [2.24, 2.45) is 5.92 Å². The molecule has 6 nitrogen and oxygen atoms in total. The molecular weight excluding hydrogens is 513 g/mol. The molecule has 0 spiro atoms. The summed E-state index contributed by atoms with van der Waals surface area (Å²) in [4.78, 5) is 26.1. The van der Waals surface area contributed by atoms with Crippen LogP contribution in [0.15, 0.2) is 59.8 Å². The molecule has 1 aliphatic rings. The second-order valence-electron chi connectivity index (χ2n) is 9.21. The van der Waals surface area contributed by atoms with Gasteiger partial charge in [0, 0.05) is 60.8 Å². The van der Waals surface area contributed by atoms with Crippen LogP contribution in [0.1, 0.15) is 36.2 Å². The summed E-state index contributed by atoms with van der Waals surface area (Å²) in [5, 5.41) is 4.81. The van der Waals surface area contributed by atoms with E-state index >= 15 is 0 Å². The molecule has 0 radical (unpaired) electrons. The number of carbonyl (C=O) groups is 1. The van der Waals surface area contributed by atoms with Crippen LogP contribution in [0.3, 0.4) is 0 Å². The van der Waals surface area contributed by atoms with Gasteiger partial charge in [0.25, 0.3) is 5.91 Å². The molecule has 1 fully saturated rings. The van der Waals surface area contributed by atoms with Gasteiger partial charge in [-0.05, 0) is 54.3 Å². The van der Waals surface area contributed by atoms with Crippen molar-refractivity contribution < 1.29 is 4.79 Å². The van der Waals surface area contributed by atoms with Crippen LogP contribution in [0.25, 0.3) is 0 Å². The van der Waals surface area contributed by atoms with Crippen molar-refractivity contribution in [2.45, 2.75) is 31.2 Å². The van der Waals surface area contributed by atoms with Crippen molar-refractivity contribution in [1.29, 1.82) is 0 Å². The number of anilines is 2. The number of aromatic nitrogens is 2. The second kappa shape index (κ2) is 12.7. The molecule has 2 heterocycles. The maximum atomic E-state index is 12.3. The molecule has 0 unspecified atom stereocenters. The molecule has 1 amide bonds. The molecule has 1 aromatic heterocycles. The summed E-state index contributed by atoms with van der Waals surface area (Å²) in [6.45, 7) is 8.47. The van der Waals surface area contributed by atoms with Crippen LogP contribution in [-0.4, -0.2) is 48.6 Å². The van der Waals surface area contributed by atoms with E-state index in [2.05, 4.69) is 46.1 Å². The summed E-state index contributed by atoms with van der Waals surface area (Å²) < 4.78 is 0. The number of thioether (sulfide) groups is 1. The lowest BCUT2D eigenvalue weighted by molar-refractivity contribution is 0.0952. The van der Waals surface area contributed by atoms with E-state index in [0.717, 1.165) is 49.0 Å². The minimum Gasteiger partial charge on any atom is -0.368 e. The standard InChI is InChI=1S/C27H31Cl2N5OS/c1-19(2)11-12-30-26(35)21-5-3-20(4-6-21)18-36-27-31-24(29)17-25(32-27)34-15-13-33(14-16-34)23-9-7-22(28)8-10-23/h3-10,17,19H,11-16,18H2,1-2H3,(H,30,35). The van der Waals surface area contributed by atoms with E-state index in [1.807, 2.05) is 42.5 Å². The highest BCUT2D eigenvalue weighted by Gasteiger charge is 2.20. The third kappa shape index (κ3) is 7.51. The van der Waals surface area contributed by atoms with Crippen molar-refractivity contribution in [2.75, 3.05) is 42.5 Å². The number of benzene rings is 2. The van der Waals surface area contributed by atoms with Crippen LogP contribution in [-0.2, 0) is 5.75 Å². The van der Waals surface area contributed by atoms with E-state index in [1.165, 1.54) is 17.4 Å². The third-order valence-corrected chi connectivity index (χ3v) is 7.41. The maximum absolute atomic E-state index is 12.3. The number of carbonyl (C=O) groups excluding carboxylic acids is 1. The van der Waals surface area contributed by atoms with Crippen LogP contribution >= 0.6 is 35.0 Å². The molecule has 4 rings (SSSR count). The molecule has 190 valence electrons. The van der Waals surface area contributed by atoms with E-state index in [-0.39, 0.29) is 5.91 Å². The average molecular weight is 545 g/mol. The summed E-state index contributed by atoms with van der Waals surface area (Å²) in [5.41, 5.74) is 2.95. The average Bonchev–Trinajstić information content (AvgIpc) is 2.88. The number of nitrogens with one attached hydrogen (secondary N) is 1. The Balaban J connectivity index is 1.31. The summed E-state index contributed by atoms with van der Waals surface area (Å²) in [6.07, 6.45) is 0.972. The topological polar surface area (TPSA) is 61.4 Å². The Morgan fingerprint density at radius 1 is 0.972 bits per heavy atom. The van der Waals surface area contributed by atoms with E-state index < -0.39 is 0 Å². The molecule has 1 N–H and O–H groups in total. The van der Waals surface area contributed by atoms with Gasteiger partial charge in [-0.15, -0.1) is 0 Å². The van der Waals surface area contributed by atoms with Crippen LogP contribution in [0.2, 0.25) is 10.2 Å². The summed E-state index contributed by atoms with van der Waals surface area (Å²) in [6, 6.07) is 17.5. The van der Waals surface area contributed by atoms with Crippen molar-refractivity contribution in [3.8, 4) is 0 Å². The molecule has 1 aliphatic heterocycles. The molecule has 1 saturated heterocycles. The smallest absolute Gasteiger partial charge is 0.251 e. The van der Waals surface area contributed by atoms with Gasteiger partial charge in [0.05, 0.1) is 0 Å². The van der Waals surface area contributed by atoms with Gasteiger partial charge in [0.2, 0.25) is 0 Å². The molecule has 0 aliphatic carbocycles. The Labute approximate surface area is 227 Å². The fraction of sp³-hybridized carbons (Fsp3) is 0.370. The number of hydrogen-bond donors (Lipinski definition) is 1. The third-order valence-electron chi connectivity index (χ3n) is 6.05. The van der Waals surface area contributed by atoms with Crippen LogP contribution in [0, 0.1) is 5.92 Å². The molecule has 2 aromatic carbocycles. The normalized spacial score (nSPS) is 13.8. The van der Waals surface area contributed by atoms with Crippen molar-refractivity contribution in [3.63, 3.8) is 0 Å². The highest BCUT2D eigenvalue weighted by atomic mass is 35.5.